The second-order valence-electron chi connectivity index (χ2n) is 4.06. The highest BCUT2D eigenvalue weighted by Gasteiger charge is 2.14. The average molecular weight is 236 g/mol. The van der Waals surface area contributed by atoms with Gasteiger partial charge in [-0.3, -0.25) is 9.59 Å². The van der Waals surface area contributed by atoms with Crippen LogP contribution in [0.4, 0.5) is 0 Å². The third-order valence-corrected chi connectivity index (χ3v) is 2.47. The van der Waals surface area contributed by atoms with Crippen molar-refractivity contribution in [2.45, 2.75) is 19.8 Å². The molecule has 1 atom stereocenters. The van der Waals surface area contributed by atoms with Gasteiger partial charge >= 0.3 is 5.97 Å². The number of hydrogen-bond donors (Lipinski definition) is 1. The number of carbonyl (C=O) groups excluding carboxylic acids is 1. The first-order valence-electron chi connectivity index (χ1n) is 5.42. The van der Waals surface area contributed by atoms with E-state index in [-0.39, 0.29) is 24.5 Å². The number of rotatable bonds is 6. The van der Waals surface area contributed by atoms with Crippen molar-refractivity contribution in [3.05, 3.63) is 29.8 Å². The van der Waals surface area contributed by atoms with Crippen molar-refractivity contribution >= 4 is 11.8 Å². The zero-order valence-corrected chi connectivity index (χ0v) is 9.97. The molecule has 92 valence electrons. The van der Waals surface area contributed by atoms with E-state index < -0.39 is 5.97 Å². The predicted molar refractivity (Wildman–Crippen MR) is 63.4 cm³/mol. The lowest BCUT2D eigenvalue weighted by atomic mass is 9.97. The molecular formula is C13H16O4. The van der Waals surface area contributed by atoms with Crippen molar-refractivity contribution in [1.82, 2.24) is 0 Å². The van der Waals surface area contributed by atoms with Gasteiger partial charge in [-0.1, -0.05) is 6.92 Å². The van der Waals surface area contributed by atoms with Crippen LogP contribution in [0, 0.1) is 5.92 Å². The smallest absolute Gasteiger partial charge is 0.303 e. The second kappa shape index (κ2) is 6.03. The minimum absolute atomic E-state index is 0.0158. The van der Waals surface area contributed by atoms with Crippen molar-refractivity contribution in [3.63, 3.8) is 0 Å². The molecule has 0 unspecified atom stereocenters. The molecule has 0 aromatic heterocycles. The van der Waals surface area contributed by atoms with E-state index in [0.717, 1.165) is 0 Å². The number of methoxy groups -OCH3 is 1. The van der Waals surface area contributed by atoms with Crippen molar-refractivity contribution in [3.8, 4) is 5.75 Å². The Bertz CT molecular complexity index is 394. The first-order chi connectivity index (χ1) is 8.02. The molecule has 4 nitrogen and oxygen atoms in total. The van der Waals surface area contributed by atoms with E-state index in [1.165, 1.54) is 0 Å². The molecule has 0 amide bonds. The molecule has 0 aliphatic rings. The van der Waals surface area contributed by atoms with Crippen molar-refractivity contribution in [2.24, 2.45) is 5.92 Å². The molecule has 17 heavy (non-hydrogen) atoms. The molecule has 1 aromatic rings. The SMILES string of the molecule is COc1ccc(C(=O)C[C@@H](C)CC(=O)O)cc1. The van der Waals surface area contributed by atoms with E-state index in [0.29, 0.717) is 11.3 Å². The predicted octanol–water partition coefficient (Wildman–Crippen LogP) is 2.38. The quantitative estimate of drug-likeness (QED) is 0.770. The Morgan fingerprint density at radius 2 is 1.82 bits per heavy atom. The van der Waals surface area contributed by atoms with Gasteiger partial charge in [-0.05, 0) is 30.2 Å². The number of carbonyl (C=O) groups is 2. The van der Waals surface area contributed by atoms with Gasteiger partial charge < -0.3 is 9.84 Å². The fraction of sp³-hybridized carbons (Fsp3) is 0.385. The second-order valence-corrected chi connectivity index (χ2v) is 4.06. The van der Waals surface area contributed by atoms with Crippen molar-refractivity contribution in [1.29, 1.82) is 0 Å². The maximum atomic E-state index is 11.8. The largest absolute Gasteiger partial charge is 0.497 e. The summed E-state index contributed by atoms with van der Waals surface area (Å²) in [6.07, 6.45) is 0.264. The number of aliphatic carboxylic acids is 1. The van der Waals surface area contributed by atoms with Crippen LogP contribution in [-0.4, -0.2) is 24.0 Å². The summed E-state index contributed by atoms with van der Waals surface area (Å²) in [5.74, 6) is -0.372. The minimum atomic E-state index is -0.875. The summed E-state index contributed by atoms with van der Waals surface area (Å²) in [7, 11) is 1.56. The maximum absolute atomic E-state index is 11.8. The Morgan fingerprint density at radius 3 is 2.29 bits per heavy atom. The fourth-order valence-corrected chi connectivity index (χ4v) is 1.58. The third kappa shape index (κ3) is 4.26. The van der Waals surface area contributed by atoms with Gasteiger partial charge in [0.1, 0.15) is 5.75 Å². The molecule has 0 aliphatic carbocycles. The normalized spacial score (nSPS) is 11.9. The van der Waals surface area contributed by atoms with Crippen LogP contribution in [0.2, 0.25) is 0 Å². The molecule has 1 rings (SSSR count). The number of benzene rings is 1. The Kier molecular flexibility index (Phi) is 4.69. The monoisotopic (exact) mass is 236 g/mol. The van der Waals surface area contributed by atoms with Crippen LogP contribution in [0.5, 0.6) is 5.75 Å². The standard InChI is InChI=1S/C13H16O4/c1-9(8-13(15)16)7-12(14)10-3-5-11(17-2)6-4-10/h3-6,9H,7-8H2,1-2H3,(H,15,16)/t9-/m1/s1. The molecule has 0 fully saturated rings. The zero-order valence-electron chi connectivity index (χ0n) is 9.97. The third-order valence-electron chi connectivity index (χ3n) is 2.47. The van der Waals surface area contributed by atoms with Gasteiger partial charge in [-0.25, -0.2) is 0 Å². The highest BCUT2D eigenvalue weighted by atomic mass is 16.5. The fourth-order valence-electron chi connectivity index (χ4n) is 1.58. The molecule has 1 N–H and O–H groups in total. The number of carboxylic acid groups (broad SMARTS) is 1. The zero-order chi connectivity index (χ0) is 12.8. The first-order valence-corrected chi connectivity index (χ1v) is 5.42. The summed E-state index contributed by atoms with van der Waals surface area (Å²) < 4.78 is 4.99. The highest BCUT2D eigenvalue weighted by Crippen LogP contribution is 2.16. The molecule has 0 heterocycles. The van der Waals surface area contributed by atoms with Crippen LogP contribution in [-0.2, 0) is 4.79 Å². The number of carboxylic acids is 1. The lowest BCUT2D eigenvalue weighted by Crippen LogP contribution is -2.10. The molecule has 0 saturated carbocycles. The van der Waals surface area contributed by atoms with Crippen LogP contribution >= 0.6 is 0 Å². The molecule has 4 heteroatoms. The van der Waals surface area contributed by atoms with E-state index >= 15 is 0 Å². The van der Waals surface area contributed by atoms with Crippen molar-refractivity contribution < 1.29 is 19.4 Å². The van der Waals surface area contributed by atoms with Crippen LogP contribution in [0.25, 0.3) is 0 Å². The molecule has 0 saturated heterocycles. The van der Waals surface area contributed by atoms with Gasteiger partial charge in [0, 0.05) is 18.4 Å². The number of ketones is 1. The lowest BCUT2D eigenvalue weighted by Gasteiger charge is -2.08. The molecular weight excluding hydrogens is 220 g/mol. The van der Waals surface area contributed by atoms with E-state index in [4.69, 9.17) is 9.84 Å². The highest BCUT2D eigenvalue weighted by molar-refractivity contribution is 5.96. The summed E-state index contributed by atoms with van der Waals surface area (Å²) >= 11 is 0. The molecule has 0 bridgehead atoms. The van der Waals surface area contributed by atoms with Gasteiger partial charge in [0.2, 0.25) is 0 Å². The maximum Gasteiger partial charge on any atom is 0.303 e. The Labute approximate surface area is 100 Å². The molecule has 1 aromatic carbocycles. The van der Waals surface area contributed by atoms with Gasteiger partial charge in [0.25, 0.3) is 0 Å². The average Bonchev–Trinajstić information content (AvgIpc) is 2.28. The van der Waals surface area contributed by atoms with Crippen LogP contribution in [0.1, 0.15) is 30.1 Å². The summed E-state index contributed by atoms with van der Waals surface area (Å²) in [5.41, 5.74) is 0.586. The number of ether oxygens (including phenoxy) is 1. The summed E-state index contributed by atoms with van der Waals surface area (Å²) in [6.45, 7) is 1.76. The molecule has 0 aliphatic heterocycles. The van der Waals surface area contributed by atoms with E-state index in [1.54, 1.807) is 38.3 Å². The summed E-state index contributed by atoms with van der Waals surface area (Å²) in [6, 6.07) is 6.81. The van der Waals surface area contributed by atoms with E-state index in [1.807, 2.05) is 0 Å². The Hall–Kier alpha value is -1.84. The first kappa shape index (κ1) is 13.2. The van der Waals surface area contributed by atoms with Crippen LogP contribution in [0.3, 0.4) is 0 Å². The molecule has 0 radical (unpaired) electrons. The summed E-state index contributed by atoms with van der Waals surface area (Å²) in [5, 5.41) is 8.61. The van der Waals surface area contributed by atoms with Crippen LogP contribution in [0.15, 0.2) is 24.3 Å². The Balaban J connectivity index is 2.60. The van der Waals surface area contributed by atoms with Gasteiger partial charge in [-0.15, -0.1) is 0 Å². The topological polar surface area (TPSA) is 63.6 Å². The van der Waals surface area contributed by atoms with Gasteiger partial charge in [0.05, 0.1) is 7.11 Å². The minimum Gasteiger partial charge on any atom is -0.497 e. The summed E-state index contributed by atoms with van der Waals surface area (Å²) in [4.78, 5) is 22.3. The van der Waals surface area contributed by atoms with E-state index in [2.05, 4.69) is 0 Å². The van der Waals surface area contributed by atoms with Crippen molar-refractivity contribution in [2.75, 3.05) is 7.11 Å². The van der Waals surface area contributed by atoms with Crippen LogP contribution < -0.4 is 4.74 Å². The number of hydrogen-bond acceptors (Lipinski definition) is 3. The Morgan fingerprint density at radius 1 is 1.24 bits per heavy atom. The van der Waals surface area contributed by atoms with E-state index in [9.17, 15) is 9.59 Å². The van der Waals surface area contributed by atoms with Gasteiger partial charge in [-0.2, -0.15) is 0 Å². The number of Topliss-reactive ketones (excluding diaryl/α,β-unsaturated/α-hetero) is 1. The molecule has 0 spiro atoms. The lowest BCUT2D eigenvalue weighted by molar-refractivity contribution is -0.137. The van der Waals surface area contributed by atoms with Gasteiger partial charge in [0.15, 0.2) is 5.78 Å².